The van der Waals surface area contributed by atoms with E-state index in [-0.39, 0.29) is 31.4 Å². The Kier molecular flexibility index (Phi) is 13.8. The summed E-state index contributed by atoms with van der Waals surface area (Å²) in [4.78, 5) is 23.5. The Balaban J connectivity index is 2.00. The van der Waals surface area contributed by atoms with Crippen molar-refractivity contribution in [1.82, 2.24) is 0 Å². The van der Waals surface area contributed by atoms with Gasteiger partial charge in [-0.3, -0.25) is 9.59 Å². The van der Waals surface area contributed by atoms with E-state index in [1.165, 1.54) is 38.5 Å². The second-order valence-corrected chi connectivity index (χ2v) is 7.71. The van der Waals surface area contributed by atoms with Crippen LogP contribution in [-0.4, -0.2) is 18.5 Å². The van der Waals surface area contributed by atoms with Crippen molar-refractivity contribution in [2.24, 2.45) is 0 Å². The number of carbonyl (C=O) groups is 2. The van der Waals surface area contributed by atoms with Crippen LogP contribution in [0.15, 0.2) is 18.2 Å². The van der Waals surface area contributed by atoms with Crippen LogP contribution in [0.25, 0.3) is 0 Å². The molecule has 0 saturated heterocycles. The third kappa shape index (κ3) is 11.6. The summed E-state index contributed by atoms with van der Waals surface area (Å²) >= 11 is 12.0. The molecule has 0 aliphatic rings. The first-order chi connectivity index (χ1) is 13.5. The van der Waals surface area contributed by atoms with Crippen molar-refractivity contribution >= 4 is 35.1 Å². The molecule has 4 nitrogen and oxygen atoms in total. The molecule has 0 aliphatic heterocycles. The van der Waals surface area contributed by atoms with Crippen LogP contribution in [0.3, 0.4) is 0 Å². The zero-order valence-corrected chi connectivity index (χ0v) is 18.3. The molecule has 0 heterocycles. The SMILES string of the molecule is CCCCCCCCCCOC(=O)CCCC(=O)OCc1cccc(Cl)c1Cl. The van der Waals surface area contributed by atoms with Gasteiger partial charge in [-0.15, -0.1) is 0 Å². The summed E-state index contributed by atoms with van der Waals surface area (Å²) in [7, 11) is 0. The lowest BCUT2D eigenvalue weighted by atomic mass is 10.1. The molecule has 0 aromatic heterocycles. The molecular weight excluding hydrogens is 399 g/mol. The Hall–Kier alpha value is -1.26. The molecule has 0 aliphatic carbocycles. The highest BCUT2D eigenvalue weighted by atomic mass is 35.5. The van der Waals surface area contributed by atoms with Crippen molar-refractivity contribution in [2.75, 3.05) is 6.61 Å². The van der Waals surface area contributed by atoms with Crippen LogP contribution in [0.1, 0.15) is 83.1 Å². The molecular formula is C22H32Cl2O4. The van der Waals surface area contributed by atoms with Gasteiger partial charge >= 0.3 is 11.9 Å². The highest BCUT2D eigenvalue weighted by Gasteiger charge is 2.10. The van der Waals surface area contributed by atoms with Crippen LogP contribution < -0.4 is 0 Å². The Morgan fingerprint density at radius 2 is 1.43 bits per heavy atom. The van der Waals surface area contributed by atoms with Crippen LogP contribution >= 0.6 is 23.2 Å². The Labute approximate surface area is 178 Å². The molecule has 6 heteroatoms. The number of ether oxygens (including phenoxy) is 2. The monoisotopic (exact) mass is 430 g/mol. The topological polar surface area (TPSA) is 52.6 Å². The molecule has 0 unspecified atom stereocenters. The van der Waals surface area contributed by atoms with Gasteiger partial charge in [0.1, 0.15) is 6.61 Å². The maximum Gasteiger partial charge on any atom is 0.306 e. The average molecular weight is 431 g/mol. The minimum absolute atomic E-state index is 0.0706. The zero-order chi connectivity index (χ0) is 20.6. The largest absolute Gasteiger partial charge is 0.466 e. The number of esters is 2. The fourth-order valence-corrected chi connectivity index (χ4v) is 3.14. The second kappa shape index (κ2) is 15.6. The highest BCUT2D eigenvalue weighted by molar-refractivity contribution is 6.42. The van der Waals surface area contributed by atoms with Crippen molar-refractivity contribution in [3.8, 4) is 0 Å². The number of unbranched alkanes of at least 4 members (excludes halogenated alkanes) is 7. The molecule has 1 aromatic carbocycles. The minimum atomic E-state index is -0.369. The van der Waals surface area contributed by atoms with Crippen molar-refractivity contribution in [3.63, 3.8) is 0 Å². The first kappa shape index (κ1) is 24.8. The summed E-state index contributed by atoms with van der Waals surface area (Å²) < 4.78 is 10.4. The highest BCUT2D eigenvalue weighted by Crippen LogP contribution is 2.26. The van der Waals surface area contributed by atoms with E-state index in [2.05, 4.69) is 6.92 Å². The van der Waals surface area contributed by atoms with E-state index in [9.17, 15) is 9.59 Å². The number of halogens is 2. The van der Waals surface area contributed by atoms with Gasteiger partial charge in [0.25, 0.3) is 0 Å². The van der Waals surface area contributed by atoms with Gasteiger partial charge in [-0.1, -0.05) is 87.2 Å². The smallest absolute Gasteiger partial charge is 0.306 e. The standard InChI is InChI=1S/C22H32Cl2O4/c1-2-3-4-5-6-7-8-9-16-27-20(25)14-11-15-21(26)28-17-18-12-10-13-19(23)22(18)24/h10,12-13H,2-9,11,14-17H2,1H3. The van der Waals surface area contributed by atoms with Gasteiger partial charge in [0, 0.05) is 18.4 Å². The first-order valence-corrected chi connectivity index (χ1v) is 11.0. The zero-order valence-electron chi connectivity index (χ0n) is 16.8. The Morgan fingerprint density at radius 3 is 2.11 bits per heavy atom. The van der Waals surface area contributed by atoms with Gasteiger partial charge in [-0.25, -0.2) is 0 Å². The number of carbonyl (C=O) groups excluding carboxylic acids is 2. The first-order valence-electron chi connectivity index (χ1n) is 10.3. The summed E-state index contributed by atoms with van der Waals surface area (Å²) in [6.07, 6.45) is 10.5. The molecule has 0 bridgehead atoms. The number of benzene rings is 1. The summed E-state index contributed by atoms with van der Waals surface area (Å²) in [6, 6.07) is 5.18. The number of hydrogen-bond donors (Lipinski definition) is 0. The molecule has 0 amide bonds. The van der Waals surface area contributed by atoms with Crippen molar-refractivity contribution < 1.29 is 19.1 Å². The lowest BCUT2D eigenvalue weighted by Crippen LogP contribution is -2.09. The Morgan fingerprint density at radius 1 is 0.821 bits per heavy atom. The van der Waals surface area contributed by atoms with Crippen LogP contribution in [0, 0.1) is 0 Å². The number of rotatable bonds is 15. The molecule has 0 radical (unpaired) electrons. The lowest BCUT2D eigenvalue weighted by Gasteiger charge is -2.08. The van der Waals surface area contributed by atoms with E-state index in [1.807, 2.05) is 0 Å². The van der Waals surface area contributed by atoms with E-state index < -0.39 is 0 Å². The van der Waals surface area contributed by atoms with E-state index in [0.29, 0.717) is 28.6 Å². The van der Waals surface area contributed by atoms with E-state index in [4.69, 9.17) is 32.7 Å². The molecule has 0 saturated carbocycles. The summed E-state index contributed by atoms with van der Waals surface area (Å²) in [6.45, 7) is 2.75. The third-order valence-corrected chi connectivity index (χ3v) is 5.30. The summed E-state index contributed by atoms with van der Waals surface area (Å²) in [5.74, 6) is -0.624. The summed E-state index contributed by atoms with van der Waals surface area (Å²) in [5.41, 5.74) is 0.660. The molecule has 1 aromatic rings. The minimum Gasteiger partial charge on any atom is -0.466 e. The molecule has 28 heavy (non-hydrogen) atoms. The third-order valence-electron chi connectivity index (χ3n) is 4.44. The van der Waals surface area contributed by atoms with Crippen LogP contribution in [-0.2, 0) is 25.7 Å². The molecule has 0 spiro atoms. The molecule has 158 valence electrons. The predicted molar refractivity (Wildman–Crippen MR) is 114 cm³/mol. The van der Waals surface area contributed by atoms with Crippen LogP contribution in [0.4, 0.5) is 0 Å². The van der Waals surface area contributed by atoms with E-state index in [0.717, 1.165) is 12.8 Å². The predicted octanol–water partition coefficient (Wildman–Crippen LogP) is 6.89. The van der Waals surface area contributed by atoms with Crippen molar-refractivity contribution in [3.05, 3.63) is 33.8 Å². The van der Waals surface area contributed by atoms with Crippen LogP contribution in [0.2, 0.25) is 10.0 Å². The van der Waals surface area contributed by atoms with Crippen molar-refractivity contribution in [2.45, 2.75) is 84.2 Å². The lowest BCUT2D eigenvalue weighted by molar-refractivity contribution is -0.146. The molecule has 0 fully saturated rings. The molecule has 1 rings (SSSR count). The quantitative estimate of drug-likeness (QED) is 0.224. The van der Waals surface area contributed by atoms with Crippen LogP contribution in [0.5, 0.6) is 0 Å². The molecule has 0 atom stereocenters. The average Bonchev–Trinajstić information content (AvgIpc) is 2.68. The second-order valence-electron chi connectivity index (χ2n) is 6.92. The fraction of sp³-hybridized carbons (Fsp3) is 0.636. The van der Waals surface area contributed by atoms with Gasteiger partial charge in [0.15, 0.2) is 0 Å². The maximum absolute atomic E-state index is 11.8. The van der Waals surface area contributed by atoms with Gasteiger partial charge in [0.2, 0.25) is 0 Å². The fourth-order valence-electron chi connectivity index (χ4n) is 2.76. The summed E-state index contributed by atoms with van der Waals surface area (Å²) in [5, 5.41) is 0.816. The normalized spacial score (nSPS) is 10.7. The van der Waals surface area contributed by atoms with Gasteiger partial charge in [-0.05, 0) is 18.9 Å². The van der Waals surface area contributed by atoms with Gasteiger partial charge < -0.3 is 9.47 Å². The Bertz CT molecular complexity index is 590. The molecule has 0 N–H and O–H groups in total. The van der Waals surface area contributed by atoms with E-state index >= 15 is 0 Å². The van der Waals surface area contributed by atoms with E-state index in [1.54, 1.807) is 18.2 Å². The van der Waals surface area contributed by atoms with Gasteiger partial charge in [0.05, 0.1) is 16.7 Å². The maximum atomic E-state index is 11.8. The van der Waals surface area contributed by atoms with Gasteiger partial charge in [-0.2, -0.15) is 0 Å². The number of hydrogen-bond acceptors (Lipinski definition) is 4. The van der Waals surface area contributed by atoms with Crippen molar-refractivity contribution in [1.29, 1.82) is 0 Å².